The van der Waals surface area contributed by atoms with Crippen LogP contribution in [0.5, 0.6) is 0 Å². The molecule has 1 aliphatic heterocycles. The zero-order valence-electron chi connectivity index (χ0n) is 17.7. The van der Waals surface area contributed by atoms with Crippen molar-refractivity contribution in [3.05, 3.63) is 42.1 Å². The molecule has 1 saturated heterocycles. The second kappa shape index (κ2) is 8.49. The van der Waals surface area contributed by atoms with Gasteiger partial charge in [0.2, 0.25) is 17.8 Å². The number of hydrogen-bond donors (Lipinski definition) is 1. The monoisotopic (exact) mass is 406 g/mol. The quantitative estimate of drug-likeness (QED) is 0.791. The van der Waals surface area contributed by atoms with Crippen molar-refractivity contribution >= 4 is 29.3 Å². The number of anilines is 3. The van der Waals surface area contributed by atoms with Crippen molar-refractivity contribution in [3.63, 3.8) is 0 Å². The third-order valence-electron chi connectivity index (χ3n) is 5.50. The SMILES string of the molecule is CC(C)[C@]1(C#N)CCN(c2ccnc(Nc3cccc(CC(=O)N(C)C)c3)n2)C1=O. The summed E-state index contributed by atoms with van der Waals surface area (Å²) < 4.78 is 0. The van der Waals surface area contributed by atoms with Gasteiger partial charge in [-0.3, -0.25) is 14.5 Å². The number of benzene rings is 1. The number of aromatic nitrogens is 2. The first-order valence-electron chi connectivity index (χ1n) is 9.89. The molecule has 1 aromatic heterocycles. The van der Waals surface area contributed by atoms with E-state index < -0.39 is 5.41 Å². The smallest absolute Gasteiger partial charge is 0.248 e. The van der Waals surface area contributed by atoms with Gasteiger partial charge in [-0.15, -0.1) is 0 Å². The van der Waals surface area contributed by atoms with Gasteiger partial charge < -0.3 is 10.2 Å². The molecule has 3 rings (SSSR count). The second-order valence-electron chi connectivity index (χ2n) is 7.97. The van der Waals surface area contributed by atoms with E-state index in [2.05, 4.69) is 21.4 Å². The van der Waals surface area contributed by atoms with E-state index >= 15 is 0 Å². The van der Waals surface area contributed by atoms with Crippen molar-refractivity contribution in [1.29, 1.82) is 5.26 Å². The normalized spacial score (nSPS) is 18.4. The van der Waals surface area contributed by atoms with Crippen molar-refractivity contribution in [1.82, 2.24) is 14.9 Å². The van der Waals surface area contributed by atoms with E-state index in [9.17, 15) is 14.9 Å². The molecule has 1 atom stereocenters. The van der Waals surface area contributed by atoms with E-state index in [1.54, 1.807) is 36.2 Å². The Kier molecular flexibility index (Phi) is 6.01. The van der Waals surface area contributed by atoms with Crippen LogP contribution in [0.3, 0.4) is 0 Å². The summed E-state index contributed by atoms with van der Waals surface area (Å²) in [6, 6.07) is 11.4. The van der Waals surface area contributed by atoms with Crippen molar-refractivity contribution in [2.24, 2.45) is 11.3 Å². The highest BCUT2D eigenvalue weighted by atomic mass is 16.2. The highest BCUT2D eigenvalue weighted by Crippen LogP contribution is 2.40. The Balaban J connectivity index is 1.78. The Morgan fingerprint density at radius 2 is 2.13 bits per heavy atom. The Morgan fingerprint density at radius 3 is 2.77 bits per heavy atom. The third kappa shape index (κ3) is 4.10. The van der Waals surface area contributed by atoms with Gasteiger partial charge in [0.25, 0.3) is 0 Å². The van der Waals surface area contributed by atoms with Crippen LogP contribution >= 0.6 is 0 Å². The lowest BCUT2D eigenvalue weighted by Gasteiger charge is -2.24. The number of likely N-dealkylation sites (N-methyl/N-ethyl adjacent to an activating group) is 1. The molecule has 30 heavy (non-hydrogen) atoms. The van der Waals surface area contributed by atoms with E-state index in [1.165, 1.54) is 0 Å². The number of carbonyl (C=O) groups is 2. The number of hydrogen-bond acceptors (Lipinski definition) is 6. The lowest BCUT2D eigenvalue weighted by atomic mass is 9.77. The first-order chi connectivity index (χ1) is 14.3. The molecule has 1 aliphatic rings. The number of nitrogens with zero attached hydrogens (tertiary/aromatic N) is 5. The van der Waals surface area contributed by atoms with Crippen molar-refractivity contribution < 1.29 is 9.59 Å². The van der Waals surface area contributed by atoms with Gasteiger partial charge in [-0.1, -0.05) is 26.0 Å². The van der Waals surface area contributed by atoms with Gasteiger partial charge in [-0.05, 0) is 36.1 Å². The van der Waals surface area contributed by atoms with E-state index in [-0.39, 0.29) is 17.7 Å². The second-order valence-corrected chi connectivity index (χ2v) is 7.97. The average Bonchev–Trinajstić information content (AvgIpc) is 3.06. The van der Waals surface area contributed by atoms with Crippen LogP contribution in [0.15, 0.2) is 36.5 Å². The van der Waals surface area contributed by atoms with Gasteiger partial charge in [0.1, 0.15) is 11.2 Å². The van der Waals surface area contributed by atoms with Crippen molar-refractivity contribution in [2.45, 2.75) is 26.7 Å². The van der Waals surface area contributed by atoms with Crippen LogP contribution < -0.4 is 10.2 Å². The van der Waals surface area contributed by atoms with Crippen LogP contribution in [-0.4, -0.2) is 47.3 Å². The van der Waals surface area contributed by atoms with Crippen LogP contribution in [0.25, 0.3) is 0 Å². The van der Waals surface area contributed by atoms with Crippen LogP contribution in [0.2, 0.25) is 0 Å². The number of nitriles is 1. The van der Waals surface area contributed by atoms with Crippen LogP contribution in [0.1, 0.15) is 25.8 Å². The fourth-order valence-electron chi connectivity index (χ4n) is 3.51. The van der Waals surface area contributed by atoms with Crippen molar-refractivity contribution in [2.75, 3.05) is 30.9 Å². The lowest BCUT2D eigenvalue weighted by Crippen LogP contribution is -2.37. The van der Waals surface area contributed by atoms with Crippen LogP contribution in [0, 0.1) is 22.7 Å². The van der Waals surface area contributed by atoms with Gasteiger partial charge in [0, 0.05) is 32.5 Å². The minimum Gasteiger partial charge on any atom is -0.349 e. The summed E-state index contributed by atoms with van der Waals surface area (Å²) in [5.74, 6) is 0.537. The molecule has 0 unspecified atom stereocenters. The summed E-state index contributed by atoms with van der Waals surface area (Å²) in [4.78, 5) is 36.7. The van der Waals surface area contributed by atoms with Gasteiger partial charge in [-0.2, -0.15) is 10.2 Å². The van der Waals surface area contributed by atoms with E-state index in [4.69, 9.17) is 0 Å². The summed E-state index contributed by atoms with van der Waals surface area (Å²) in [6.07, 6.45) is 2.37. The van der Waals surface area contributed by atoms with Gasteiger partial charge in [0.05, 0.1) is 12.5 Å². The maximum absolute atomic E-state index is 13.0. The maximum atomic E-state index is 13.0. The summed E-state index contributed by atoms with van der Waals surface area (Å²) in [5, 5.41) is 12.8. The highest BCUT2D eigenvalue weighted by Gasteiger charge is 2.50. The first kappa shape index (κ1) is 21.2. The largest absolute Gasteiger partial charge is 0.349 e. The molecule has 1 fully saturated rings. The topological polar surface area (TPSA) is 102 Å². The first-order valence-corrected chi connectivity index (χ1v) is 9.89. The molecule has 156 valence electrons. The van der Waals surface area contributed by atoms with E-state index in [1.807, 2.05) is 38.1 Å². The lowest BCUT2D eigenvalue weighted by molar-refractivity contribution is -0.128. The third-order valence-corrected chi connectivity index (χ3v) is 5.50. The molecule has 1 N–H and O–H groups in total. The molecule has 0 radical (unpaired) electrons. The molecular weight excluding hydrogens is 380 g/mol. The van der Waals surface area contributed by atoms with E-state index in [0.29, 0.717) is 31.2 Å². The molecule has 2 amide bonds. The van der Waals surface area contributed by atoms with Crippen LogP contribution in [-0.2, 0) is 16.0 Å². The number of rotatable bonds is 6. The average molecular weight is 406 g/mol. The Bertz CT molecular complexity index is 997. The highest BCUT2D eigenvalue weighted by molar-refractivity contribution is 6.01. The predicted molar refractivity (Wildman–Crippen MR) is 114 cm³/mol. The predicted octanol–water partition coefficient (Wildman–Crippen LogP) is 2.75. The Labute approximate surface area is 176 Å². The fourth-order valence-corrected chi connectivity index (χ4v) is 3.51. The summed E-state index contributed by atoms with van der Waals surface area (Å²) in [7, 11) is 3.45. The van der Waals surface area contributed by atoms with Gasteiger partial charge in [0.15, 0.2) is 0 Å². The van der Waals surface area contributed by atoms with Gasteiger partial charge >= 0.3 is 0 Å². The molecule has 0 bridgehead atoms. The molecule has 2 heterocycles. The zero-order valence-corrected chi connectivity index (χ0v) is 17.7. The molecule has 8 nitrogen and oxygen atoms in total. The number of amides is 2. The minimum atomic E-state index is -1.01. The minimum absolute atomic E-state index is 0.0177. The standard InChI is InChI=1S/C22H26N6O2/c1-15(2)22(14-23)9-11-28(20(22)30)18-8-10-24-21(26-18)25-17-7-5-6-16(12-17)13-19(29)27(3)4/h5-8,10,12,15H,9,11,13H2,1-4H3,(H,24,25,26)/t22-/m1/s1. The molecule has 0 spiro atoms. The molecule has 2 aromatic rings. The fraction of sp³-hybridized carbons (Fsp3) is 0.409. The molecule has 0 aliphatic carbocycles. The Morgan fingerprint density at radius 1 is 1.37 bits per heavy atom. The molecule has 0 saturated carbocycles. The maximum Gasteiger partial charge on any atom is 0.248 e. The molecule has 8 heteroatoms. The summed E-state index contributed by atoms with van der Waals surface area (Å²) in [5.41, 5.74) is 0.615. The molecular formula is C22H26N6O2. The zero-order chi connectivity index (χ0) is 21.9. The summed E-state index contributed by atoms with van der Waals surface area (Å²) >= 11 is 0. The number of nitrogens with one attached hydrogen (secondary N) is 1. The van der Waals surface area contributed by atoms with Gasteiger partial charge in [-0.25, -0.2) is 4.98 Å². The van der Waals surface area contributed by atoms with E-state index in [0.717, 1.165) is 11.3 Å². The summed E-state index contributed by atoms with van der Waals surface area (Å²) in [6.45, 7) is 4.24. The molecule has 1 aromatic carbocycles. The Hall–Kier alpha value is -3.47. The van der Waals surface area contributed by atoms with Crippen LogP contribution in [0.4, 0.5) is 17.5 Å². The van der Waals surface area contributed by atoms with Crippen molar-refractivity contribution in [3.8, 4) is 6.07 Å². The number of carbonyl (C=O) groups excluding carboxylic acids is 2.